The van der Waals surface area contributed by atoms with Gasteiger partial charge in [0.1, 0.15) is 29.0 Å². The van der Waals surface area contributed by atoms with Crippen LogP contribution in [0.25, 0.3) is 11.3 Å². The molecule has 2 unspecified atom stereocenters. The molecular formula is C38H47F2N5O4. The van der Waals surface area contributed by atoms with Crippen LogP contribution in [0.15, 0.2) is 60.8 Å². The first-order chi connectivity index (χ1) is 23.7. The summed E-state index contributed by atoms with van der Waals surface area (Å²) >= 11 is 0. The topological polar surface area (TPSA) is 100 Å². The predicted octanol–water partition coefficient (Wildman–Crippen LogP) is 8.13. The molecule has 0 spiro atoms. The quantitative estimate of drug-likeness (QED) is 0.193. The highest BCUT2D eigenvalue weighted by Crippen LogP contribution is 2.37. The van der Waals surface area contributed by atoms with Crippen molar-refractivity contribution in [2.75, 3.05) is 24.4 Å². The zero-order valence-electron chi connectivity index (χ0n) is 29.6. The average molecular weight is 676 g/mol. The number of anilines is 3. The van der Waals surface area contributed by atoms with Gasteiger partial charge in [-0.25, -0.2) is 18.7 Å². The molecule has 2 aromatic heterocycles. The molecule has 4 heterocycles. The SMILES string of the molecule is CC.CC.COc1ccc(CN2Cc3nc(-c4c(F)cccc4F)cc(Nc4ccc(N5C(C)CC(O)CC5C)cn4)c3C2=O)c(OC)c1. The minimum absolute atomic E-state index is 0.0645. The third kappa shape index (κ3) is 7.94. The number of methoxy groups -OCH3 is 2. The fourth-order valence-electron chi connectivity index (χ4n) is 6.45. The lowest BCUT2D eigenvalue weighted by Crippen LogP contribution is -2.48. The Morgan fingerprint density at radius 2 is 1.59 bits per heavy atom. The van der Waals surface area contributed by atoms with Crippen LogP contribution in [-0.4, -0.2) is 58.3 Å². The lowest BCUT2D eigenvalue weighted by Gasteiger charge is -2.42. The Hall–Kier alpha value is -4.77. The number of hydrogen-bond acceptors (Lipinski definition) is 8. The van der Waals surface area contributed by atoms with Crippen LogP contribution in [0.5, 0.6) is 11.5 Å². The number of amides is 1. The van der Waals surface area contributed by atoms with E-state index in [4.69, 9.17) is 9.47 Å². The molecule has 262 valence electrons. The van der Waals surface area contributed by atoms with Gasteiger partial charge in [0.25, 0.3) is 5.91 Å². The van der Waals surface area contributed by atoms with Crippen molar-refractivity contribution in [3.8, 4) is 22.8 Å². The second-order valence-corrected chi connectivity index (χ2v) is 11.6. The summed E-state index contributed by atoms with van der Waals surface area (Å²) in [7, 11) is 3.11. The number of benzene rings is 2. The van der Waals surface area contributed by atoms with Gasteiger partial charge in [0.2, 0.25) is 0 Å². The molecule has 2 aliphatic rings. The molecule has 49 heavy (non-hydrogen) atoms. The van der Waals surface area contributed by atoms with E-state index in [1.165, 1.54) is 24.3 Å². The van der Waals surface area contributed by atoms with Gasteiger partial charge in [0.05, 0.1) is 73.5 Å². The van der Waals surface area contributed by atoms with E-state index < -0.39 is 11.6 Å². The summed E-state index contributed by atoms with van der Waals surface area (Å²) < 4.78 is 40.6. The Labute approximate surface area is 287 Å². The molecule has 9 nitrogen and oxygen atoms in total. The Kier molecular flexibility index (Phi) is 12.5. The maximum atomic E-state index is 14.9. The Balaban J connectivity index is 0.00000130. The van der Waals surface area contributed by atoms with E-state index in [1.807, 2.05) is 39.8 Å². The number of halogens is 2. The molecule has 0 bridgehead atoms. The van der Waals surface area contributed by atoms with Gasteiger partial charge in [-0.15, -0.1) is 0 Å². The van der Waals surface area contributed by atoms with Gasteiger partial charge in [0.15, 0.2) is 0 Å². The summed E-state index contributed by atoms with van der Waals surface area (Å²) in [4.78, 5) is 26.9. The van der Waals surface area contributed by atoms with Crippen molar-refractivity contribution in [3.05, 3.63) is 89.2 Å². The zero-order valence-corrected chi connectivity index (χ0v) is 29.6. The number of pyridine rings is 2. The van der Waals surface area contributed by atoms with Gasteiger partial charge < -0.3 is 29.7 Å². The van der Waals surface area contributed by atoms with Crippen molar-refractivity contribution in [3.63, 3.8) is 0 Å². The molecule has 1 amide bonds. The molecule has 6 rings (SSSR count). The number of ether oxygens (including phenoxy) is 2. The average Bonchev–Trinajstić information content (AvgIpc) is 3.41. The number of fused-ring (bicyclic) bond motifs is 1. The molecule has 1 fully saturated rings. The fraction of sp³-hybridized carbons (Fsp3) is 0.395. The molecule has 4 aromatic rings. The summed E-state index contributed by atoms with van der Waals surface area (Å²) in [5.41, 5.74) is 2.51. The van der Waals surface area contributed by atoms with Crippen LogP contribution in [0.3, 0.4) is 0 Å². The maximum absolute atomic E-state index is 14.9. The van der Waals surface area contributed by atoms with Crippen molar-refractivity contribution >= 4 is 23.1 Å². The second-order valence-electron chi connectivity index (χ2n) is 11.6. The smallest absolute Gasteiger partial charge is 0.258 e. The van der Waals surface area contributed by atoms with E-state index >= 15 is 0 Å². The number of hydrogen-bond donors (Lipinski definition) is 2. The first-order valence-electron chi connectivity index (χ1n) is 16.8. The highest BCUT2D eigenvalue weighted by Gasteiger charge is 2.34. The lowest BCUT2D eigenvalue weighted by molar-refractivity contribution is 0.0766. The molecule has 2 N–H and O–H groups in total. The molecule has 2 aliphatic heterocycles. The summed E-state index contributed by atoms with van der Waals surface area (Å²) in [6, 6.07) is 14.5. The van der Waals surface area contributed by atoms with Crippen LogP contribution in [0.4, 0.5) is 26.0 Å². The van der Waals surface area contributed by atoms with Crippen LogP contribution in [-0.2, 0) is 13.1 Å². The van der Waals surface area contributed by atoms with E-state index in [0.29, 0.717) is 47.1 Å². The normalized spacial score (nSPS) is 18.1. The largest absolute Gasteiger partial charge is 0.497 e. The first kappa shape index (κ1) is 37.1. The molecule has 0 radical (unpaired) electrons. The van der Waals surface area contributed by atoms with Gasteiger partial charge in [-0.2, -0.15) is 0 Å². The molecule has 0 saturated carbocycles. The molecule has 11 heteroatoms. The van der Waals surface area contributed by atoms with E-state index in [2.05, 4.69) is 34.0 Å². The fourth-order valence-corrected chi connectivity index (χ4v) is 6.45. The molecule has 0 aliphatic carbocycles. The highest BCUT2D eigenvalue weighted by molar-refractivity contribution is 6.04. The number of carbonyl (C=O) groups is 1. The van der Waals surface area contributed by atoms with Crippen molar-refractivity contribution < 1.29 is 28.2 Å². The summed E-state index contributed by atoms with van der Waals surface area (Å²) in [5, 5.41) is 13.4. The number of aliphatic hydroxyl groups is 1. The molecule has 1 saturated heterocycles. The number of rotatable bonds is 8. The van der Waals surface area contributed by atoms with Gasteiger partial charge in [0, 0.05) is 23.7 Å². The maximum Gasteiger partial charge on any atom is 0.258 e. The number of piperidine rings is 1. The summed E-state index contributed by atoms with van der Waals surface area (Å²) in [6.45, 7) is 12.5. The van der Waals surface area contributed by atoms with Crippen LogP contribution in [0.1, 0.15) is 76.0 Å². The van der Waals surface area contributed by atoms with E-state index in [-0.39, 0.29) is 48.4 Å². The Morgan fingerprint density at radius 3 is 2.18 bits per heavy atom. The third-order valence-electron chi connectivity index (χ3n) is 8.50. The molecule has 2 aromatic carbocycles. The number of nitrogens with zero attached hydrogens (tertiary/aromatic N) is 4. The van der Waals surface area contributed by atoms with Crippen LogP contribution >= 0.6 is 0 Å². The summed E-state index contributed by atoms with van der Waals surface area (Å²) in [5.74, 6) is -0.159. The third-order valence-corrected chi connectivity index (χ3v) is 8.50. The first-order valence-corrected chi connectivity index (χ1v) is 16.8. The van der Waals surface area contributed by atoms with Gasteiger partial charge in [-0.05, 0) is 69.2 Å². The monoisotopic (exact) mass is 675 g/mol. The van der Waals surface area contributed by atoms with Crippen molar-refractivity contribution in [2.45, 2.75) is 85.7 Å². The lowest BCUT2D eigenvalue weighted by atomic mass is 9.94. The number of nitrogens with one attached hydrogen (secondary N) is 1. The van der Waals surface area contributed by atoms with E-state index in [1.54, 1.807) is 43.5 Å². The highest BCUT2D eigenvalue weighted by atomic mass is 19.1. The second kappa shape index (κ2) is 16.6. The van der Waals surface area contributed by atoms with Gasteiger partial charge >= 0.3 is 0 Å². The van der Waals surface area contributed by atoms with Gasteiger partial charge in [-0.3, -0.25) is 4.79 Å². The molecular weight excluding hydrogens is 628 g/mol. The summed E-state index contributed by atoms with van der Waals surface area (Å²) in [6.07, 6.45) is 2.76. The number of carbonyl (C=O) groups excluding carboxylic acids is 1. The van der Waals surface area contributed by atoms with Crippen LogP contribution in [0.2, 0.25) is 0 Å². The van der Waals surface area contributed by atoms with E-state index in [0.717, 1.165) is 11.3 Å². The Morgan fingerprint density at radius 1 is 0.918 bits per heavy atom. The van der Waals surface area contributed by atoms with Gasteiger partial charge in [-0.1, -0.05) is 33.8 Å². The molecule has 2 atom stereocenters. The van der Waals surface area contributed by atoms with Crippen LogP contribution in [0, 0.1) is 11.6 Å². The van der Waals surface area contributed by atoms with Crippen molar-refractivity contribution in [1.82, 2.24) is 14.9 Å². The van der Waals surface area contributed by atoms with E-state index in [9.17, 15) is 18.7 Å². The minimum atomic E-state index is -0.755. The van der Waals surface area contributed by atoms with Crippen molar-refractivity contribution in [2.24, 2.45) is 0 Å². The predicted molar refractivity (Wildman–Crippen MR) is 190 cm³/mol. The number of aliphatic hydroxyl groups excluding tert-OH is 1. The minimum Gasteiger partial charge on any atom is -0.497 e. The van der Waals surface area contributed by atoms with Crippen LogP contribution < -0.4 is 19.7 Å². The standard InChI is InChI=1S/C34H35F2N5O4.2C2H6/c1-19-12-23(42)13-20(2)41(19)22-9-11-31(37-16-22)39-28-15-27(32-25(35)6-5-7-26(32)36)38-29-18-40(34(43)33(28)29)17-21-8-10-24(44-3)14-30(21)45-4;2*1-2/h5-11,14-16,19-20,23,42H,12-13,17-18H2,1-4H3,(H,37,38,39);2*1-2H3. The number of aromatic nitrogens is 2. The Bertz CT molecular complexity index is 1700. The van der Waals surface area contributed by atoms with Crippen molar-refractivity contribution in [1.29, 1.82) is 0 Å². The zero-order chi connectivity index (χ0) is 35.8.